The minimum absolute atomic E-state index is 0.360. The fourth-order valence-electron chi connectivity index (χ4n) is 2.91. The van der Waals surface area contributed by atoms with Gasteiger partial charge in [-0.15, -0.1) is 0 Å². The number of allylic oxidation sites excluding steroid dienone is 2. The Morgan fingerprint density at radius 3 is 2.35 bits per heavy atom. The lowest BCUT2D eigenvalue weighted by atomic mass is 10.0. The Labute approximate surface area is 122 Å². The van der Waals surface area contributed by atoms with Crippen LogP contribution in [0.4, 0.5) is 0 Å². The fourth-order valence-corrected chi connectivity index (χ4v) is 5.66. The van der Waals surface area contributed by atoms with Crippen molar-refractivity contribution in [3.05, 3.63) is 41.7 Å². The van der Waals surface area contributed by atoms with E-state index in [9.17, 15) is 4.57 Å². The largest absolute Gasteiger partial charge is 0.444 e. The molecule has 0 saturated carbocycles. The summed E-state index contributed by atoms with van der Waals surface area (Å²) in [5.74, 6) is 0.910. The van der Waals surface area contributed by atoms with Gasteiger partial charge in [0.05, 0.1) is 5.16 Å². The highest BCUT2D eigenvalue weighted by Gasteiger charge is 2.50. The highest BCUT2D eigenvalue weighted by molar-refractivity contribution is 7.69. The van der Waals surface area contributed by atoms with Gasteiger partial charge < -0.3 is 4.52 Å². The van der Waals surface area contributed by atoms with E-state index in [0.29, 0.717) is 0 Å². The third-order valence-corrected chi connectivity index (χ3v) is 7.18. The Kier molecular flexibility index (Phi) is 4.44. The molecule has 0 N–H and O–H groups in total. The minimum atomic E-state index is -2.86. The third-order valence-electron chi connectivity index (χ3n) is 4.02. The van der Waals surface area contributed by atoms with E-state index in [-0.39, 0.29) is 5.16 Å². The summed E-state index contributed by atoms with van der Waals surface area (Å²) in [7, 11) is -2.86. The van der Waals surface area contributed by atoms with Crippen LogP contribution in [-0.4, -0.2) is 5.16 Å². The van der Waals surface area contributed by atoms with Crippen LogP contribution in [0.25, 0.3) is 0 Å². The molecule has 1 aliphatic heterocycles. The molecule has 0 fully saturated rings. The van der Waals surface area contributed by atoms with Gasteiger partial charge in [-0.1, -0.05) is 38.0 Å². The lowest BCUT2D eigenvalue weighted by Gasteiger charge is -2.29. The summed E-state index contributed by atoms with van der Waals surface area (Å²) in [6.07, 6.45) is 5.91. The molecule has 0 aromatic heterocycles. The monoisotopic (exact) mass is 292 g/mol. The highest BCUT2D eigenvalue weighted by Crippen LogP contribution is 2.66. The maximum atomic E-state index is 13.6. The van der Waals surface area contributed by atoms with Crippen molar-refractivity contribution in [1.82, 2.24) is 0 Å². The van der Waals surface area contributed by atoms with Crippen molar-refractivity contribution < 1.29 is 9.09 Å². The molecule has 2 nitrogen and oxygen atoms in total. The first-order valence-corrected chi connectivity index (χ1v) is 9.16. The molecule has 1 heterocycles. The molecule has 20 heavy (non-hydrogen) atoms. The van der Waals surface area contributed by atoms with Gasteiger partial charge >= 0.3 is 0 Å². The van der Waals surface area contributed by atoms with E-state index in [1.165, 1.54) is 5.56 Å². The first kappa shape index (κ1) is 15.4. The fraction of sp³-hybridized carbons (Fsp3) is 0.529. The van der Waals surface area contributed by atoms with Crippen LogP contribution >= 0.6 is 7.37 Å². The summed E-state index contributed by atoms with van der Waals surface area (Å²) in [5.41, 5.74) is 1.18. The van der Waals surface area contributed by atoms with E-state index >= 15 is 0 Å². The summed E-state index contributed by atoms with van der Waals surface area (Å²) >= 11 is 0. The highest BCUT2D eigenvalue weighted by atomic mass is 31.2. The molecule has 2 unspecified atom stereocenters. The molecule has 3 heteroatoms. The van der Waals surface area contributed by atoms with E-state index in [4.69, 9.17) is 4.52 Å². The predicted octanol–water partition coefficient (Wildman–Crippen LogP) is 5.17. The number of aryl methyl sites for hydroxylation is 1. The molecule has 110 valence electrons. The normalized spacial score (nSPS) is 29.1. The smallest absolute Gasteiger partial charge is 0.286 e. The molecule has 0 amide bonds. The molecule has 0 bridgehead atoms. The van der Waals surface area contributed by atoms with Gasteiger partial charge in [-0.2, -0.15) is 0 Å². The first-order valence-electron chi connectivity index (χ1n) is 7.54. The van der Waals surface area contributed by atoms with Crippen molar-refractivity contribution in [3.63, 3.8) is 0 Å². The topological polar surface area (TPSA) is 26.3 Å². The summed E-state index contributed by atoms with van der Waals surface area (Å²) in [6, 6.07) is 7.96. The average Bonchev–Trinajstić information content (AvgIpc) is 2.63. The molecule has 1 aliphatic rings. The summed E-state index contributed by atoms with van der Waals surface area (Å²) in [5, 5.41) is 0.489. The van der Waals surface area contributed by atoms with Gasteiger partial charge in [0.25, 0.3) is 7.37 Å². The van der Waals surface area contributed by atoms with Crippen molar-refractivity contribution in [1.29, 1.82) is 0 Å². The zero-order valence-electron chi connectivity index (χ0n) is 13.0. The van der Waals surface area contributed by atoms with Crippen LogP contribution in [-0.2, 0) is 9.09 Å². The summed E-state index contributed by atoms with van der Waals surface area (Å²) in [6.45, 7) is 8.38. The predicted molar refractivity (Wildman–Crippen MR) is 85.8 cm³/mol. The molecular weight excluding hydrogens is 267 g/mol. The van der Waals surface area contributed by atoms with E-state index in [2.05, 4.69) is 26.8 Å². The number of hydrogen-bond donors (Lipinski definition) is 0. The van der Waals surface area contributed by atoms with Gasteiger partial charge in [0, 0.05) is 11.7 Å². The second-order valence-corrected chi connectivity index (χ2v) is 8.77. The summed E-state index contributed by atoms with van der Waals surface area (Å²) in [4.78, 5) is 0. The number of benzene rings is 1. The zero-order chi connectivity index (χ0) is 14.8. The maximum absolute atomic E-state index is 13.6. The second kappa shape index (κ2) is 5.77. The van der Waals surface area contributed by atoms with Crippen LogP contribution in [0.1, 0.15) is 52.0 Å². The molecule has 1 aromatic carbocycles. The van der Waals surface area contributed by atoms with Gasteiger partial charge in [0.2, 0.25) is 0 Å². The van der Waals surface area contributed by atoms with Gasteiger partial charge in [-0.05, 0) is 44.9 Å². The van der Waals surface area contributed by atoms with E-state index < -0.39 is 7.37 Å². The van der Waals surface area contributed by atoms with Crippen LogP contribution in [0.15, 0.2) is 36.1 Å². The van der Waals surface area contributed by atoms with Crippen LogP contribution in [0.2, 0.25) is 0 Å². The van der Waals surface area contributed by atoms with Crippen LogP contribution < -0.4 is 5.30 Å². The molecular formula is C17H25O2P. The average molecular weight is 292 g/mol. The van der Waals surface area contributed by atoms with Gasteiger partial charge in [-0.3, -0.25) is 4.57 Å². The van der Waals surface area contributed by atoms with Crippen molar-refractivity contribution in [2.24, 2.45) is 0 Å². The third kappa shape index (κ3) is 2.59. The van der Waals surface area contributed by atoms with E-state index in [1.807, 2.05) is 31.2 Å². The first-order chi connectivity index (χ1) is 9.45. The van der Waals surface area contributed by atoms with Crippen LogP contribution in [0.5, 0.6) is 0 Å². The standard InChI is InChI=1S/C17H25O2P/c1-5-7-15-13-17(4,12-6-2)20(18,19-15)16-10-8-14(3)9-11-16/h8-11,13H,5-7,12H2,1-4H3. The number of rotatable bonds is 5. The van der Waals surface area contributed by atoms with Gasteiger partial charge in [0.15, 0.2) is 0 Å². The molecule has 0 saturated heterocycles. The molecule has 0 radical (unpaired) electrons. The Balaban J connectivity index is 2.43. The SMILES string of the molecule is CCCC1=CC(C)(CCC)P(=O)(c2ccc(C)cc2)O1. The zero-order valence-corrected chi connectivity index (χ0v) is 13.9. The Morgan fingerprint density at radius 1 is 1.15 bits per heavy atom. The quantitative estimate of drug-likeness (QED) is 0.700. The number of hydrogen-bond acceptors (Lipinski definition) is 2. The van der Waals surface area contributed by atoms with Crippen molar-refractivity contribution >= 4 is 12.7 Å². The van der Waals surface area contributed by atoms with Crippen LogP contribution in [0.3, 0.4) is 0 Å². The molecule has 2 rings (SSSR count). The maximum Gasteiger partial charge on any atom is 0.286 e. The Bertz CT molecular complexity index is 545. The Morgan fingerprint density at radius 2 is 1.80 bits per heavy atom. The minimum Gasteiger partial charge on any atom is -0.444 e. The van der Waals surface area contributed by atoms with Crippen LogP contribution in [0, 0.1) is 6.92 Å². The molecule has 2 atom stereocenters. The second-order valence-electron chi connectivity index (χ2n) is 5.95. The molecule has 1 aromatic rings. The van der Waals surface area contributed by atoms with Crippen molar-refractivity contribution in [2.75, 3.05) is 0 Å². The lowest BCUT2D eigenvalue weighted by molar-refractivity contribution is 0.399. The van der Waals surface area contributed by atoms with E-state index in [1.54, 1.807) is 0 Å². The molecule has 0 spiro atoms. The van der Waals surface area contributed by atoms with Crippen molar-refractivity contribution in [3.8, 4) is 0 Å². The van der Waals surface area contributed by atoms with Crippen molar-refractivity contribution in [2.45, 2.75) is 58.5 Å². The van der Waals surface area contributed by atoms with Gasteiger partial charge in [-0.25, -0.2) is 0 Å². The van der Waals surface area contributed by atoms with Gasteiger partial charge in [0.1, 0.15) is 5.76 Å². The summed E-state index contributed by atoms with van der Waals surface area (Å²) < 4.78 is 19.6. The van der Waals surface area contributed by atoms with E-state index in [0.717, 1.165) is 36.7 Å². The Hall–Kier alpha value is -1.01. The molecule has 0 aliphatic carbocycles. The lowest BCUT2D eigenvalue weighted by Crippen LogP contribution is -2.25.